The number of nitrogens with zero attached hydrogens (tertiary/aromatic N) is 1. The second-order valence-corrected chi connectivity index (χ2v) is 9.06. The third-order valence-electron chi connectivity index (χ3n) is 4.62. The van der Waals surface area contributed by atoms with Gasteiger partial charge in [-0.25, -0.2) is 13.6 Å². The minimum absolute atomic E-state index is 0.0606. The molecular formula is C16H23N3O4S2. The maximum Gasteiger partial charge on any atom is 0.238 e. The van der Waals surface area contributed by atoms with Gasteiger partial charge in [0.2, 0.25) is 15.9 Å². The molecular weight excluding hydrogens is 362 g/mol. The lowest BCUT2D eigenvalue weighted by Gasteiger charge is -2.17. The lowest BCUT2D eigenvalue weighted by atomic mass is 10.0. The topological polar surface area (TPSA) is 102 Å². The zero-order valence-corrected chi connectivity index (χ0v) is 15.5. The van der Waals surface area contributed by atoms with Crippen LogP contribution in [0.15, 0.2) is 29.2 Å². The van der Waals surface area contributed by atoms with Crippen molar-refractivity contribution in [3.8, 4) is 5.75 Å². The molecule has 138 valence electrons. The zero-order valence-electron chi connectivity index (χ0n) is 13.9. The highest BCUT2D eigenvalue weighted by Crippen LogP contribution is 2.26. The van der Waals surface area contributed by atoms with Crippen molar-refractivity contribution < 1.29 is 17.9 Å². The molecule has 3 rings (SSSR count). The van der Waals surface area contributed by atoms with Crippen molar-refractivity contribution in [2.75, 3.05) is 44.3 Å². The quantitative estimate of drug-likeness (QED) is 0.647. The summed E-state index contributed by atoms with van der Waals surface area (Å²) >= 11 is 1.56. The van der Waals surface area contributed by atoms with Crippen LogP contribution in [-0.4, -0.2) is 63.5 Å². The third kappa shape index (κ3) is 4.87. The Bertz CT molecular complexity index is 697. The largest absolute Gasteiger partial charge is 0.493 e. The summed E-state index contributed by atoms with van der Waals surface area (Å²) < 4.78 is 27.9. The Morgan fingerprint density at radius 1 is 1.24 bits per heavy atom. The second-order valence-electron chi connectivity index (χ2n) is 6.39. The summed E-state index contributed by atoms with van der Waals surface area (Å²) in [5, 5.41) is 8.42. The number of thioether (sulfide) groups is 1. The second kappa shape index (κ2) is 7.94. The molecule has 2 atom stereocenters. The monoisotopic (exact) mass is 385 g/mol. The Morgan fingerprint density at radius 3 is 2.48 bits per heavy atom. The summed E-state index contributed by atoms with van der Waals surface area (Å²) in [5.74, 6) is 3.21. The summed E-state index contributed by atoms with van der Waals surface area (Å²) in [4.78, 5) is 14.3. The van der Waals surface area contributed by atoms with E-state index < -0.39 is 10.0 Å². The van der Waals surface area contributed by atoms with E-state index in [4.69, 9.17) is 9.88 Å². The van der Waals surface area contributed by atoms with Crippen molar-refractivity contribution in [2.24, 2.45) is 17.0 Å². The molecule has 0 bridgehead atoms. The van der Waals surface area contributed by atoms with Crippen LogP contribution in [0, 0.1) is 11.8 Å². The Kier molecular flexibility index (Phi) is 5.88. The van der Waals surface area contributed by atoms with Crippen molar-refractivity contribution >= 4 is 27.7 Å². The Labute approximate surface area is 152 Å². The lowest BCUT2D eigenvalue weighted by Crippen LogP contribution is -2.33. The number of nitrogens with one attached hydrogen (secondary N) is 1. The van der Waals surface area contributed by atoms with Crippen molar-refractivity contribution in [3.63, 3.8) is 0 Å². The highest BCUT2D eigenvalue weighted by molar-refractivity contribution is 7.99. The number of carbonyl (C=O) groups excluding carboxylic acids is 1. The van der Waals surface area contributed by atoms with Crippen LogP contribution >= 0.6 is 11.8 Å². The Hall–Kier alpha value is -1.29. The number of primary sulfonamides is 1. The van der Waals surface area contributed by atoms with Crippen LogP contribution in [0.3, 0.4) is 0 Å². The van der Waals surface area contributed by atoms with Gasteiger partial charge in [-0.2, -0.15) is 0 Å². The first-order chi connectivity index (χ1) is 11.9. The van der Waals surface area contributed by atoms with E-state index in [0.29, 0.717) is 35.7 Å². The van der Waals surface area contributed by atoms with E-state index in [0.717, 1.165) is 26.2 Å². The molecule has 0 aliphatic carbocycles. The van der Waals surface area contributed by atoms with Gasteiger partial charge in [0, 0.05) is 31.9 Å². The number of nitrogens with two attached hydrogens (primary N) is 1. The van der Waals surface area contributed by atoms with E-state index in [1.165, 1.54) is 12.1 Å². The molecule has 0 radical (unpaired) electrons. The molecule has 1 aromatic carbocycles. The molecule has 7 nitrogen and oxygen atoms in total. The number of rotatable bonds is 7. The SMILES string of the molecule is NS(=O)(=O)c1ccc(OCCSCC(=O)N2C[C@H]3CNC[C@H]3C2)cc1. The first kappa shape index (κ1) is 18.5. The molecule has 0 unspecified atom stereocenters. The van der Waals surface area contributed by atoms with Crippen molar-refractivity contribution in [1.29, 1.82) is 0 Å². The number of likely N-dealkylation sites (tertiary alicyclic amines) is 1. The molecule has 2 fully saturated rings. The van der Waals surface area contributed by atoms with Gasteiger partial charge >= 0.3 is 0 Å². The molecule has 9 heteroatoms. The molecule has 2 heterocycles. The van der Waals surface area contributed by atoms with E-state index in [2.05, 4.69) is 5.32 Å². The van der Waals surface area contributed by atoms with E-state index in [-0.39, 0.29) is 10.8 Å². The fraction of sp³-hybridized carbons (Fsp3) is 0.562. The number of fused-ring (bicyclic) bond motifs is 1. The van der Waals surface area contributed by atoms with Crippen LogP contribution < -0.4 is 15.2 Å². The standard InChI is InChI=1S/C16H23N3O4S2/c17-25(21,22)15-3-1-14(2-4-15)23-5-6-24-11-16(20)19-9-12-7-18-8-13(12)10-19/h1-4,12-13,18H,5-11H2,(H2,17,21,22)/t12-,13+. The van der Waals surface area contributed by atoms with E-state index in [1.54, 1.807) is 23.9 Å². The maximum absolute atomic E-state index is 12.2. The van der Waals surface area contributed by atoms with Crippen LogP contribution in [0.25, 0.3) is 0 Å². The number of sulfonamides is 1. The van der Waals surface area contributed by atoms with Crippen LogP contribution in [0.2, 0.25) is 0 Å². The highest BCUT2D eigenvalue weighted by atomic mass is 32.2. The molecule has 2 saturated heterocycles. The number of ether oxygens (including phenoxy) is 1. The zero-order chi connectivity index (χ0) is 17.9. The van der Waals surface area contributed by atoms with Crippen LogP contribution in [0.5, 0.6) is 5.75 Å². The van der Waals surface area contributed by atoms with Gasteiger partial charge in [0.15, 0.2) is 0 Å². The van der Waals surface area contributed by atoms with E-state index >= 15 is 0 Å². The summed E-state index contributed by atoms with van der Waals surface area (Å²) in [6.07, 6.45) is 0. The fourth-order valence-corrected chi connectivity index (χ4v) is 4.47. The minimum Gasteiger partial charge on any atom is -0.493 e. The molecule has 0 spiro atoms. The number of amides is 1. The first-order valence-electron chi connectivity index (χ1n) is 8.25. The van der Waals surface area contributed by atoms with Gasteiger partial charge in [-0.15, -0.1) is 11.8 Å². The summed E-state index contributed by atoms with van der Waals surface area (Å²) in [7, 11) is -3.68. The van der Waals surface area contributed by atoms with Crippen LogP contribution in [-0.2, 0) is 14.8 Å². The van der Waals surface area contributed by atoms with Crippen molar-refractivity contribution in [1.82, 2.24) is 10.2 Å². The molecule has 3 N–H and O–H groups in total. The van der Waals surface area contributed by atoms with Gasteiger partial charge in [0.25, 0.3) is 0 Å². The van der Waals surface area contributed by atoms with Gasteiger partial charge in [-0.3, -0.25) is 4.79 Å². The molecule has 25 heavy (non-hydrogen) atoms. The minimum atomic E-state index is -3.68. The maximum atomic E-state index is 12.2. The van der Waals surface area contributed by atoms with Gasteiger partial charge < -0.3 is 15.0 Å². The summed E-state index contributed by atoms with van der Waals surface area (Å²) in [6, 6.07) is 5.99. The smallest absolute Gasteiger partial charge is 0.238 e. The van der Waals surface area contributed by atoms with Crippen molar-refractivity contribution in [2.45, 2.75) is 4.90 Å². The summed E-state index contributed by atoms with van der Waals surface area (Å²) in [5.41, 5.74) is 0. The van der Waals surface area contributed by atoms with Gasteiger partial charge in [0.1, 0.15) is 5.75 Å². The molecule has 0 aromatic heterocycles. The normalized spacial score (nSPS) is 22.8. The Balaban J connectivity index is 1.33. The molecule has 2 aliphatic rings. The predicted molar refractivity (Wildman–Crippen MR) is 97.1 cm³/mol. The predicted octanol–water partition coefficient (Wildman–Crippen LogP) is 0.124. The van der Waals surface area contributed by atoms with E-state index in [9.17, 15) is 13.2 Å². The average Bonchev–Trinajstić information content (AvgIpc) is 3.15. The highest BCUT2D eigenvalue weighted by Gasteiger charge is 2.37. The summed E-state index contributed by atoms with van der Waals surface area (Å²) in [6.45, 7) is 4.27. The molecule has 0 saturated carbocycles. The lowest BCUT2D eigenvalue weighted by molar-refractivity contribution is -0.127. The number of hydrogen-bond donors (Lipinski definition) is 2. The van der Waals surface area contributed by atoms with Gasteiger partial charge in [-0.05, 0) is 36.1 Å². The molecule has 2 aliphatic heterocycles. The number of hydrogen-bond acceptors (Lipinski definition) is 6. The molecule has 1 amide bonds. The molecule has 1 aromatic rings. The van der Waals surface area contributed by atoms with Gasteiger partial charge in [0.05, 0.1) is 17.3 Å². The number of carbonyl (C=O) groups is 1. The van der Waals surface area contributed by atoms with E-state index in [1.807, 2.05) is 4.90 Å². The first-order valence-corrected chi connectivity index (χ1v) is 11.0. The Morgan fingerprint density at radius 2 is 1.88 bits per heavy atom. The van der Waals surface area contributed by atoms with Gasteiger partial charge in [-0.1, -0.05) is 0 Å². The van der Waals surface area contributed by atoms with Crippen molar-refractivity contribution in [3.05, 3.63) is 24.3 Å². The third-order valence-corrected chi connectivity index (χ3v) is 6.45. The van der Waals surface area contributed by atoms with Crippen LogP contribution in [0.4, 0.5) is 0 Å². The fourth-order valence-electron chi connectivity index (χ4n) is 3.25. The average molecular weight is 386 g/mol. The van der Waals surface area contributed by atoms with Crippen LogP contribution in [0.1, 0.15) is 0 Å². The number of benzene rings is 1.